The summed E-state index contributed by atoms with van der Waals surface area (Å²) >= 11 is 0. The minimum atomic E-state index is -4.15. The number of ketones is 1. The van der Waals surface area contributed by atoms with Crippen molar-refractivity contribution in [3.63, 3.8) is 0 Å². The Morgan fingerprint density at radius 1 is 1.11 bits per heavy atom. The zero-order valence-electron chi connectivity index (χ0n) is 19.6. The molecule has 1 amide bonds. The van der Waals surface area contributed by atoms with E-state index in [0.717, 1.165) is 0 Å². The van der Waals surface area contributed by atoms with Crippen LogP contribution in [0.4, 0.5) is 0 Å². The van der Waals surface area contributed by atoms with E-state index < -0.39 is 50.1 Å². The summed E-state index contributed by atoms with van der Waals surface area (Å²) in [6, 6.07) is 7.20. The number of esters is 2. The molecule has 5 atom stereocenters. The van der Waals surface area contributed by atoms with Crippen molar-refractivity contribution in [1.82, 2.24) is 9.99 Å². The fourth-order valence-electron chi connectivity index (χ4n) is 3.86. The van der Waals surface area contributed by atoms with E-state index in [9.17, 15) is 23.7 Å². The SMILES string of the molecule is C[C@@H]1N[P@@](=O)(Oc2ccccc2)OC[C@H]2O[C@@H](N3C=CC(=O)CC3=O)C[C@@H]2OC(=O)CCCOC1=O. The van der Waals surface area contributed by atoms with E-state index in [1.807, 2.05) is 0 Å². The second-order valence-electron chi connectivity index (χ2n) is 8.47. The fraction of sp³-hybridized carbons (Fsp3) is 0.478. The van der Waals surface area contributed by atoms with Gasteiger partial charge in [0.1, 0.15) is 30.2 Å². The molecule has 3 heterocycles. The number of nitrogens with zero attached hydrogens (tertiary/aromatic N) is 1. The molecule has 1 aromatic carbocycles. The molecule has 0 spiro atoms. The molecule has 0 aromatic heterocycles. The number of ether oxygens (including phenoxy) is 3. The third-order valence-electron chi connectivity index (χ3n) is 5.66. The van der Waals surface area contributed by atoms with Gasteiger partial charge in [-0.1, -0.05) is 18.2 Å². The van der Waals surface area contributed by atoms with Gasteiger partial charge in [-0.05, 0) is 31.6 Å². The number of cyclic esters (lactones) is 1. The van der Waals surface area contributed by atoms with Crippen molar-refractivity contribution in [3.8, 4) is 5.75 Å². The Labute approximate surface area is 207 Å². The molecule has 4 rings (SSSR count). The lowest BCUT2D eigenvalue weighted by Gasteiger charge is -2.27. The highest BCUT2D eigenvalue weighted by Crippen LogP contribution is 2.46. The molecule has 1 aromatic rings. The van der Waals surface area contributed by atoms with Crippen molar-refractivity contribution < 1.29 is 47.0 Å². The Bertz CT molecular complexity index is 1080. The van der Waals surface area contributed by atoms with Gasteiger partial charge in [0.2, 0.25) is 5.91 Å². The maximum absolute atomic E-state index is 13.6. The van der Waals surface area contributed by atoms with Gasteiger partial charge >= 0.3 is 19.7 Å². The number of nitrogens with one attached hydrogen (secondary N) is 1. The molecule has 0 bridgehead atoms. The van der Waals surface area contributed by atoms with E-state index in [0.29, 0.717) is 0 Å². The highest BCUT2D eigenvalue weighted by atomic mass is 31.2. The molecular formula is C23H27N2O10P. The van der Waals surface area contributed by atoms with E-state index in [4.69, 9.17) is 23.3 Å². The number of carbonyl (C=O) groups is 4. The monoisotopic (exact) mass is 522 g/mol. The number of carbonyl (C=O) groups excluding carboxylic acids is 4. The standard InChI is InChI=1S/C23H27N2O10P/c1-15-23(29)31-11-5-8-22(28)34-18-13-21(25-10-9-16(26)12-20(25)27)33-19(18)14-32-36(30,24-15)35-17-6-3-2-4-7-17/h2-4,6-7,9-10,15,18-19,21H,5,8,11-14H2,1H3,(H,24,30)/t15-,18-,19+,21+,36-/m0/s1. The van der Waals surface area contributed by atoms with Gasteiger partial charge in [-0.15, -0.1) is 0 Å². The summed E-state index contributed by atoms with van der Waals surface area (Å²) in [4.78, 5) is 49.9. The van der Waals surface area contributed by atoms with E-state index in [-0.39, 0.29) is 50.4 Å². The number of fused-ring (bicyclic) bond motifs is 1. The molecule has 0 saturated carbocycles. The average molecular weight is 522 g/mol. The molecule has 1 N–H and O–H groups in total. The fourth-order valence-corrected chi connectivity index (χ4v) is 5.36. The molecule has 0 aliphatic carbocycles. The van der Waals surface area contributed by atoms with Gasteiger partial charge in [0.05, 0.1) is 19.6 Å². The minimum Gasteiger partial charge on any atom is -0.465 e. The van der Waals surface area contributed by atoms with Gasteiger partial charge in [-0.25, -0.2) is 4.57 Å². The molecule has 13 heteroatoms. The number of hydrogen-bond acceptors (Lipinski definition) is 10. The van der Waals surface area contributed by atoms with Gasteiger partial charge < -0.3 is 18.7 Å². The predicted molar refractivity (Wildman–Crippen MR) is 122 cm³/mol. The van der Waals surface area contributed by atoms with Crippen LogP contribution < -0.4 is 9.61 Å². The van der Waals surface area contributed by atoms with Crippen molar-refractivity contribution in [2.45, 2.75) is 57.1 Å². The van der Waals surface area contributed by atoms with E-state index >= 15 is 0 Å². The van der Waals surface area contributed by atoms with Crippen LogP contribution in [0.2, 0.25) is 0 Å². The first kappa shape index (κ1) is 26.0. The van der Waals surface area contributed by atoms with Gasteiger partial charge in [0, 0.05) is 19.0 Å². The molecule has 0 radical (unpaired) electrons. The lowest BCUT2D eigenvalue weighted by Crippen LogP contribution is -2.39. The first-order valence-electron chi connectivity index (χ1n) is 11.5. The summed E-state index contributed by atoms with van der Waals surface area (Å²) in [6.07, 6.45) is 0.0977. The van der Waals surface area contributed by atoms with Crippen LogP contribution in [0.5, 0.6) is 5.75 Å². The van der Waals surface area contributed by atoms with Crippen molar-refractivity contribution in [3.05, 3.63) is 42.6 Å². The zero-order valence-corrected chi connectivity index (χ0v) is 20.5. The van der Waals surface area contributed by atoms with Crippen LogP contribution in [0.25, 0.3) is 0 Å². The van der Waals surface area contributed by atoms with E-state index in [1.54, 1.807) is 30.3 Å². The number of rotatable bonds is 3. The van der Waals surface area contributed by atoms with E-state index in [2.05, 4.69) is 5.09 Å². The number of benzene rings is 1. The van der Waals surface area contributed by atoms with Crippen LogP contribution in [0.1, 0.15) is 32.6 Å². The topological polar surface area (TPSA) is 147 Å². The van der Waals surface area contributed by atoms with Crippen molar-refractivity contribution in [2.24, 2.45) is 0 Å². The van der Waals surface area contributed by atoms with Gasteiger partial charge in [0.15, 0.2) is 5.78 Å². The molecule has 36 heavy (non-hydrogen) atoms. The molecular weight excluding hydrogens is 495 g/mol. The van der Waals surface area contributed by atoms with Gasteiger partial charge in [-0.2, -0.15) is 5.09 Å². The number of allylic oxidation sites excluding steroid dienone is 1. The molecule has 12 nitrogen and oxygen atoms in total. The Balaban J connectivity index is 1.56. The summed E-state index contributed by atoms with van der Waals surface area (Å²) in [6.45, 7) is 1.06. The number of para-hydroxylation sites is 1. The maximum atomic E-state index is 13.6. The minimum absolute atomic E-state index is 0.00348. The lowest BCUT2D eigenvalue weighted by atomic mass is 10.1. The van der Waals surface area contributed by atoms with Crippen molar-refractivity contribution in [2.75, 3.05) is 13.2 Å². The average Bonchev–Trinajstić information content (AvgIpc) is 3.22. The van der Waals surface area contributed by atoms with Crippen LogP contribution in [0.15, 0.2) is 42.6 Å². The molecule has 3 aliphatic heterocycles. The smallest absolute Gasteiger partial charge is 0.459 e. The van der Waals surface area contributed by atoms with Crippen LogP contribution >= 0.6 is 7.75 Å². The van der Waals surface area contributed by atoms with Crippen LogP contribution in [-0.4, -0.2) is 66.2 Å². The summed E-state index contributed by atoms with van der Waals surface area (Å²) < 4.78 is 41.6. The second kappa shape index (κ2) is 11.3. The van der Waals surface area contributed by atoms with Crippen LogP contribution in [0.3, 0.4) is 0 Å². The number of hydrogen-bond donors (Lipinski definition) is 1. The molecule has 0 unspecified atom stereocenters. The normalized spacial score (nSPS) is 32.3. The first-order chi connectivity index (χ1) is 17.2. The Hall–Kier alpha value is -3.05. The molecule has 194 valence electrons. The third-order valence-corrected chi connectivity index (χ3v) is 7.30. The molecule has 2 fully saturated rings. The summed E-state index contributed by atoms with van der Waals surface area (Å²) in [5.74, 6) is -1.78. The molecule has 2 saturated heterocycles. The lowest BCUT2D eigenvalue weighted by molar-refractivity contribution is -0.156. The largest absolute Gasteiger partial charge is 0.465 e. The summed E-state index contributed by atoms with van der Waals surface area (Å²) in [5.41, 5.74) is 0. The third kappa shape index (κ3) is 6.58. The second-order valence-corrected chi connectivity index (χ2v) is 10.2. The van der Waals surface area contributed by atoms with Crippen molar-refractivity contribution in [1.29, 1.82) is 0 Å². The van der Waals surface area contributed by atoms with Gasteiger partial charge in [0.25, 0.3) is 0 Å². The Kier molecular flexibility index (Phi) is 8.20. The first-order valence-corrected chi connectivity index (χ1v) is 13.1. The van der Waals surface area contributed by atoms with Gasteiger partial charge in [-0.3, -0.25) is 28.6 Å². The highest BCUT2D eigenvalue weighted by Gasteiger charge is 2.44. The Morgan fingerprint density at radius 2 is 1.89 bits per heavy atom. The Morgan fingerprint density at radius 3 is 2.64 bits per heavy atom. The maximum Gasteiger partial charge on any atom is 0.459 e. The van der Waals surface area contributed by atoms with E-state index in [1.165, 1.54) is 24.1 Å². The summed E-state index contributed by atoms with van der Waals surface area (Å²) in [7, 11) is -4.15. The number of amides is 1. The quantitative estimate of drug-likeness (QED) is 0.352. The predicted octanol–water partition coefficient (Wildman–Crippen LogP) is 1.85. The van der Waals surface area contributed by atoms with Crippen molar-refractivity contribution >= 4 is 31.4 Å². The van der Waals surface area contributed by atoms with Crippen LogP contribution in [-0.2, 0) is 42.5 Å². The summed E-state index contributed by atoms with van der Waals surface area (Å²) in [5, 5.41) is 2.58. The zero-order chi connectivity index (χ0) is 25.7. The van der Waals surface area contributed by atoms with Crippen LogP contribution in [0, 0.1) is 0 Å². The molecule has 3 aliphatic rings. The highest BCUT2D eigenvalue weighted by molar-refractivity contribution is 7.52.